The van der Waals surface area contributed by atoms with E-state index in [2.05, 4.69) is 15.5 Å². The van der Waals surface area contributed by atoms with Gasteiger partial charge in [-0.15, -0.1) is 0 Å². The highest BCUT2D eigenvalue weighted by Gasteiger charge is 2.17. The Hall–Kier alpha value is -4.20. The summed E-state index contributed by atoms with van der Waals surface area (Å²) in [5.74, 6) is 0.537. The van der Waals surface area contributed by atoms with E-state index in [-0.39, 0.29) is 12.7 Å². The maximum Gasteiger partial charge on any atom is 0.343 e. The number of carbonyl (C=O) groups excluding carboxylic acids is 2. The quantitative estimate of drug-likeness (QED) is 0.312. The van der Waals surface area contributed by atoms with E-state index in [0.717, 1.165) is 0 Å². The SMILES string of the molecule is O=C(NN=Cc1cccc(OC(=O)c2ccc3c(c2)OCO3)c1)c1cccnc1. The van der Waals surface area contributed by atoms with Gasteiger partial charge in [0.05, 0.1) is 17.3 Å². The number of hydrogen-bond donors (Lipinski definition) is 1. The molecule has 0 bridgehead atoms. The van der Waals surface area contributed by atoms with Crippen molar-refractivity contribution < 1.29 is 23.8 Å². The molecule has 0 radical (unpaired) electrons. The molecule has 1 aliphatic heterocycles. The Morgan fingerprint density at radius 2 is 1.93 bits per heavy atom. The second-order valence-electron chi connectivity index (χ2n) is 5.97. The highest BCUT2D eigenvalue weighted by molar-refractivity contribution is 5.94. The molecule has 4 rings (SSSR count). The Morgan fingerprint density at radius 3 is 2.79 bits per heavy atom. The van der Waals surface area contributed by atoms with Gasteiger partial charge in [0.25, 0.3) is 5.91 Å². The summed E-state index contributed by atoms with van der Waals surface area (Å²) in [5.41, 5.74) is 3.80. The lowest BCUT2D eigenvalue weighted by molar-refractivity contribution is 0.0734. The molecule has 2 aromatic carbocycles. The number of hydrogen-bond acceptors (Lipinski definition) is 7. The van der Waals surface area contributed by atoms with Gasteiger partial charge in [-0.25, -0.2) is 10.2 Å². The van der Waals surface area contributed by atoms with Crippen LogP contribution >= 0.6 is 0 Å². The summed E-state index contributed by atoms with van der Waals surface area (Å²) in [6, 6.07) is 14.9. The Morgan fingerprint density at radius 1 is 1.03 bits per heavy atom. The molecule has 0 aliphatic carbocycles. The molecule has 0 atom stereocenters. The van der Waals surface area contributed by atoms with Crippen molar-refractivity contribution in [2.45, 2.75) is 0 Å². The third kappa shape index (κ3) is 4.38. The van der Waals surface area contributed by atoms with Gasteiger partial charge >= 0.3 is 5.97 Å². The molecule has 0 saturated carbocycles. The lowest BCUT2D eigenvalue weighted by atomic mass is 10.2. The van der Waals surface area contributed by atoms with Crippen LogP contribution in [0.3, 0.4) is 0 Å². The molecule has 0 saturated heterocycles. The van der Waals surface area contributed by atoms with Crippen LogP contribution in [0.2, 0.25) is 0 Å². The second kappa shape index (κ2) is 8.22. The molecule has 0 spiro atoms. The number of benzene rings is 2. The van der Waals surface area contributed by atoms with Crippen LogP contribution in [0, 0.1) is 0 Å². The molecule has 8 heteroatoms. The van der Waals surface area contributed by atoms with Crippen LogP contribution in [0.4, 0.5) is 0 Å². The normalized spacial score (nSPS) is 12.0. The van der Waals surface area contributed by atoms with Gasteiger partial charge in [-0.2, -0.15) is 5.10 Å². The topological polar surface area (TPSA) is 99.1 Å². The highest BCUT2D eigenvalue weighted by Crippen LogP contribution is 2.32. The van der Waals surface area contributed by atoms with Gasteiger partial charge in [0, 0.05) is 12.4 Å². The molecule has 29 heavy (non-hydrogen) atoms. The monoisotopic (exact) mass is 389 g/mol. The van der Waals surface area contributed by atoms with E-state index in [0.29, 0.717) is 33.9 Å². The molecule has 1 aliphatic rings. The largest absolute Gasteiger partial charge is 0.454 e. The number of ether oxygens (including phenoxy) is 3. The molecule has 144 valence electrons. The van der Waals surface area contributed by atoms with Crippen molar-refractivity contribution in [2.75, 3.05) is 6.79 Å². The summed E-state index contributed by atoms with van der Waals surface area (Å²) in [6.07, 6.45) is 4.48. The van der Waals surface area contributed by atoms with E-state index in [9.17, 15) is 9.59 Å². The summed E-state index contributed by atoms with van der Waals surface area (Å²) < 4.78 is 15.9. The molecule has 1 amide bonds. The smallest absolute Gasteiger partial charge is 0.343 e. The average Bonchev–Trinajstić information content (AvgIpc) is 3.22. The van der Waals surface area contributed by atoms with Crippen molar-refractivity contribution in [2.24, 2.45) is 5.10 Å². The number of aromatic nitrogens is 1. The lowest BCUT2D eigenvalue weighted by Gasteiger charge is -2.06. The minimum absolute atomic E-state index is 0.131. The number of fused-ring (bicyclic) bond motifs is 1. The zero-order chi connectivity index (χ0) is 20.1. The molecular weight excluding hydrogens is 374 g/mol. The van der Waals surface area contributed by atoms with Crippen LogP contribution in [0.15, 0.2) is 72.1 Å². The minimum Gasteiger partial charge on any atom is -0.454 e. The van der Waals surface area contributed by atoms with E-state index < -0.39 is 5.97 Å². The fourth-order valence-electron chi connectivity index (χ4n) is 2.57. The molecule has 0 fully saturated rings. The summed E-state index contributed by atoms with van der Waals surface area (Å²) in [4.78, 5) is 28.2. The van der Waals surface area contributed by atoms with E-state index >= 15 is 0 Å². The Balaban J connectivity index is 1.39. The lowest BCUT2D eigenvalue weighted by Crippen LogP contribution is -2.17. The van der Waals surface area contributed by atoms with Crippen molar-refractivity contribution in [3.05, 3.63) is 83.7 Å². The van der Waals surface area contributed by atoms with Crippen molar-refractivity contribution >= 4 is 18.1 Å². The third-order valence-electron chi connectivity index (χ3n) is 3.98. The zero-order valence-electron chi connectivity index (χ0n) is 15.1. The predicted molar refractivity (Wildman–Crippen MR) is 103 cm³/mol. The number of rotatable bonds is 5. The zero-order valence-corrected chi connectivity index (χ0v) is 15.1. The van der Waals surface area contributed by atoms with E-state index in [1.165, 1.54) is 12.4 Å². The van der Waals surface area contributed by atoms with Crippen molar-refractivity contribution in [1.82, 2.24) is 10.4 Å². The van der Waals surface area contributed by atoms with Crippen LogP contribution in [0.5, 0.6) is 17.2 Å². The second-order valence-corrected chi connectivity index (χ2v) is 5.97. The Kier molecular flexibility index (Phi) is 5.15. The highest BCUT2D eigenvalue weighted by atomic mass is 16.7. The number of esters is 1. The molecule has 0 unspecified atom stereocenters. The molecule has 8 nitrogen and oxygen atoms in total. The van der Waals surface area contributed by atoms with Gasteiger partial charge in [0.2, 0.25) is 6.79 Å². The molecule has 1 N–H and O–H groups in total. The Labute approximate surface area is 165 Å². The van der Waals surface area contributed by atoms with Crippen LogP contribution in [-0.4, -0.2) is 29.9 Å². The van der Waals surface area contributed by atoms with Crippen LogP contribution in [0.25, 0.3) is 0 Å². The Bertz CT molecular complexity index is 1080. The number of nitrogens with one attached hydrogen (secondary N) is 1. The fourth-order valence-corrected chi connectivity index (χ4v) is 2.57. The first-order chi connectivity index (χ1) is 14.2. The van der Waals surface area contributed by atoms with Crippen molar-refractivity contribution in [3.63, 3.8) is 0 Å². The molecular formula is C21H15N3O5. The maximum atomic E-state index is 12.4. The van der Waals surface area contributed by atoms with Gasteiger partial charge in [-0.3, -0.25) is 9.78 Å². The van der Waals surface area contributed by atoms with E-state index in [1.807, 2.05) is 0 Å². The third-order valence-corrected chi connectivity index (χ3v) is 3.98. The number of nitrogens with zero attached hydrogens (tertiary/aromatic N) is 2. The average molecular weight is 389 g/mol. The molecule has 3 aromatic rings. The number of hydrazone groups is 1. The van der Waals surface area contributed by atoms with Gasteiger partial charge in [0.15, 0.2) is 11.5 Å². The van der Waals surface area contributed by atoms with Crippen molar-refractivity contribution in [3.8, 4) is 17.2 Å². The van der Waals surface area contributed by atoms with Crippen LogP contribution in [-0.2, 0) is 0 Å². The van der Waals surface area contributed by atoms with E-state index in [4.69, 9.17) is 14.2 Å². The van der Waals surface area contributed by atoms with Crippen LogP contribution in [0.1, 0.15) is 26.3 Å². The number of carbonyl (C=O) groups is 2. The van der Waals surface area contributed by atoms with E-state index in [1.54, 1.807) is 60.8 Å². The van der Waals surface area contributed by atoms with Crippen molar-refractivity contribution in [1.29, 1.82) is 0 Å². The predicted octanol–water partition coefficient (Wildman–Crippen LogP) is 2.79. The maximum absolute atomic E-state index is 12.4. The first kappa shape index (κ1) is 18.2. The molecule has 1 aromatic heterocycles. The standard InChI is InChI=1S/C21H15N3O5/c25-20(16-4-2-8-22-12-16)24-23-11-14-3-1-5-17(9-14)29-21(26)15-6-7-18-19(10-15)28-13-27-18/h1-12H,13H2,(H,24,25). The fraction of sp³-hybridized carbons (Fsp3) is 0.0476. The summed E-state index contributed by atoms with van der Waals surface area (Å²) in [6.45, 7) is 0.131. The van der Waals surface area contributed by atoms with Gasteiger partial charge in [-0.05, 0) is 48.0 Å². The minimum atomic E-state index is -0.526. The van der Waals surface area contributed by atoms with Gasteiger partial charge in [0.1, 0.15) is 5.75 Å². The first-order valence-electron chi connectivity index (χ1n) is 8.64. The molecule has 2 heterocycles. The first-order valence-corrected chi connectivity index (χ1v) is 8.64. The summed E-state index contributed by atoms with van der Waals surface area (Å²) in [7, 11) is 0. The van der Waals surface area contributed by atoms with Gasteiger partial charge < -0.3 is 14.2 Å². The number of amides is 1. The summed E-state index contributed by atoms with van der Waals surface area (Å²) >= 11 is 0. The van der Waals surface area contributed by atoms with Crippen LogP contribution < -0.4 is 19.6 Å². The van der Waals surface area contributed by atoms with Gasteiger partial charge in [-0.1, -0.05) is 12.1 Å². The summed E-state index contributed by atoms with van der Waals surface area (Å²) in [5, 5.41) is 3.91. The number of pyridine rings is 1.